The standard InChI is InChI=1S/C8H8O3.C4H6O4/c1-11-7-4-2-6(3-5-7)8(9)10;5-3(6)1-2-4(7)8/h2-5H,1H3,(H,9,10);1-2H2,(H,5,6)(H,7,8). The van der Waals surface area contributed by atoms with E-state index >= 15 is 0 Å². The molecule has 19 heavy (non-hydrogen) atoms. The topological polar surface area (TPSA) is 121 Å². The Morgan fingerprint density at radius 3 is 1.63 bits per heavy atom. The molecule has 0 spiro atoms. The Bertz CT molecular complexity index is 422. The van der Waals surface area contributed by atoms with Crippen LogP contribution in [0.1, 0.15) is 23.2 Å². The number of carboxylic acid groups (broad SMARTS) is 3. The SMILES string of the molecule is COc1ccc(C(=O)O)cc1.O=C(O)CCC(=O)O. The molecule has 3 N–H and O–H groups in total. The number of hydrogen-bond acceptors (Lipinski definition) is 4. The highest BCUT2D eigenvalue weighted by Gasteiger charge is 2.01. The predicted molar refractivity (Wildman–Crippen MR) is 64.5 cm³/mol. The molecule has 0 atom stereocenters. The Morgan fingerprint density at radius 2 is 1.37 bits per heavy atom. The zero-order valence-electron chi connectivity index (χ0n) is 10.2. The number of carbonyl (C=O) groups is 3. The monoisotopic (exact) mass is 270 g/mol. The van der Waals surface area contributed by atoms with E-state index in [2.05, 4.69) is 0 Å². The highest BCUT2D eigenvalue weighted by atomic mass is 16.5. The molecule has 7 nitrogen and oxygen atoms in total. The molecule has 0 amide bonds. The summed E-state index contributed by atoms with van der Waals surface area (Å²) in [6.45, 7) is 0. The molecule has 0 unspecified atom stereocenters. The molecule has 0 fully saturated rings. The first-order valence-corrected chi connectivity index (χ1v) is 5.17. The maximum absolute atomic E-state index is 10.4. The predicted octanol–water partition coefficient (Wildman–Crippen LogP) is 1.33. The number of aromatic carboxylic acids is 1. The number of rotatable bonds is 5. The van der Waals surface area contributed by atoms with Crippen LogP contribution >= 0.6 is 0 Å². The molecule has 0 saturated heterocycles. The van der Waals surface area contributed by atoms with Crippen LogP contribution in [0.2, 0.25) is 0 Å². The normalized spacial score (nSPS) is 8.89. The van der Waals surface area contributed by atoms with Crippen molar-refractivity contribution in [3.05, 3.63) is 29.8 Å². The van der Waals surface area contributed by atoms with Gasteiger partial charge in [-0.05, 0) is 24.3 Å². The van der Waals surface area contributed by atoms with Gasteiger partial charge in [-0.25, -0.2) is 4.79 Å². The average molecular weight is 270 g/mol. The maximum atomic E-state index is 10.4. The Kier molecular flexibility index (Phi) is 7.36. The minimum absolute atomic E-state index is 0.269. The fraction of sp³-hybridized carbons (Fsp3) is 0.250. The number of carboxylic acids is 3. The molecule has 0 aliphatic rings. The van der Waals surface area contributed by atoms with Crippen molar-refractivity contribution in [1.29, 1.82) is 0 Å². The quantitative estimate of drug-likeness (QED) is 0.737. The summed E-state index contributed by atoms with van der Waals surface area (Å²) >= 11 is 0. The van der Waals surface area contributed by atoms with Gasteiger partial charge >= 0.3 is 17.9 Å². The Labute approximate surface area is 109 Å². The summed E-state index contributed by atoms with van der Waals surface area (Å²) < 4.78 is 4.86. The number of hydrogen-bond donors (Lipinski definition) is 3. The molecule has 0 radical (unpaired) electrons. The molecule has 0 heterocycles. The highest BCUT2D eigenvalue weighted by Crippen LogP contribution is 2.10. The Hall–Kier alpha value is -2.57. The summed E-state index contributed by atoms with van der Waals surface area (Å²) in [5.74, 6) is -2.41. The molecule has 1 aromatic carbocycles. The van der Waals surface area contributed by atoms with Crippen molar-refractivity contribution in [1.82, 2.24) is 0 Å². The van der Waals surface area contributed by atoms with Gasteiger partial charge in [-0.3, -0.25) is 9.59 Å². The van der Waals surface area contributed by atoms with Gasteiger partial charge in [0.2, 0.25) is 0 Å². The molecule has 1 aromatic rings. The summed E-state index contributed by atoms with van der Waals surface area (Å²) in [4.78, 5) is 29.6. The maximum Gasteiger partial charge on any atom is 0.335 e. The first kappa shape index (κ1) is 16.4. The van der Waals surface area contributed by atoms with E-state index in [9.17, 15) is 14.4 Å². The van der Waals surface area contributed by atoms with E-state index in [4.69, 9.17) is 20.1 Å². The number of ether oxygens (including phenoxy) is 1. The Morgan fingerprint density at radius 1 is 0.947 bits per heavy atom. The highest BCUT2D eigenvalue weighted by molar-refractivity contribution is 5.87. The molecular weight excluding hydrogens is 256 g/mol. The summed E-state index contributed by atoms with van der Waals surface area (Å²) in [7, 11) is 1.54. The van der Waals surface area contributed by atoms with Crippen molar-refractivity contribution in [2.24, 2.45) is 0 Å². The van der Waals surface area contributed by atoms with E-state index in [1.54, 1.807) is 12.1 Å². The van der Waals surface area contributed by atoms with Crippen LogP contribution < -0.4 is 4.74 Å². The van der Waals surface area contributed by atoms with Gasteiger partial charge in [-0.2, -0.15) is 0 Å². The largest absolute Gasteiger partial charge is 0.497 e. The third kappa shape index (κ3) is 8.19. The Balaban J connectivity index is 0.000000362. The lowest BCUT2D eigenvalue weighted by Crippen LogP contribution is -2.00. The number of aliphatic carboxylic acids is 2. The van der Waals surface area contributed by atoms with Crippen LogP contribution in [0.5, 0.6) is 5.75 Å². The van der Waals surface area contributed by atoms with Gasteiger partial charge in [0.25, 0.3) is 0 Å². The fourth-order valence-electron chi connectivity index (χ4n) is 0.947. The van der Waals surface area contributed by atoms with E-state index in [1.807, 2.05) is 0 Å². The van der Waals surface area contributed by atoms with Crippen LogP contribution in [0.15, 0.2) is 24.3 Å². The van der Waals surface area contributed by atoms with E-state index in [1.165, 1.54) is 19.2 Å². The van der Waals surface area contributed by atoms with Crippen molar-refractivity contribution in [2.75, 3.05) is 7.11 Å². The molecule has 1 rings (SSSR count). The minimum atomic E-state index is -1.08. The van der Waals surface area contributed by atoms with Crippen LogP contribution in [0.25, 0.3) is 0 Å². The van der Waals surface area contributed by atoms with E-state index in [0.717, 1.165) is 0 Å². The minimum Gasteiger partial charge on any atom is -0.497 e. The van der Waals surface area contributed by atoms with Gasteiger partial charge < -0.3 is 20.1 Å². The lowest BCUT2D eigenvalue weighted by molar-refractivity contribution is -0.143. The molecule has 0 aliphatic carbocycles. The smallest absolute Gasteiger partial charge is 0.335 e. The van der Waals surface area contributed by atoms with Gasteiger partial charge in [0.05, 0.1) is 25.5 Å². The molecule has 0 bridgehead atoms. The first-order valence-electron chi connectivity index (χ1n) is 5.17. The van der Waals surface area contributed by atoms with Crippen LogP contribution in [-0.2, 0) is 9.59 Å². The summed E-state index contributed by atoms with van der Waals surface area (Å²) in [5.41, 5.74) is 0.269. The van der Waals surface area contributed by atoms with Crippen molar-refractivity contribution in [2.45, 2.75) is 12.8 Å². The van der Waals surface area contributed by atoms with E-state index < -0.39 is 17.9 Å². The second kappa shape index (κ2) is 8.51. The number of benzene rings is 1. The molecule has 7 heteroatoms. The van der Waals surface area contributed by atoms with Crippen molar-refractivity contribution < 1.29 is 34.4 Å². The summed E-state index contributed by atoms with van der Waals surface area (Å²) in [5, 5.41) is 24.3. The van der Waals surface area contributed by atoms with Gasteiger partial charge in [-0.1, -0.05) is 0 Å². The van der Waals surface area contributed by atoms with Crippen molar-refractivity contribution in [3.63, 3.8) is 0 Å². The first-order chi connectivity index (χ1) is 8.86. The molecule has 0 saturated carbocycles. The van der Waals surface area contributed by atoms with Gasteiger partial charge in [0, 0.05) is 0 Å². The summed E-state index contributed by atoms with van der Waals surface area (Å²) in [6.07, 6.45) is -0.593. The van der Waals surface area contributed by atoms with E-state index in [-0.39, 0.29) is 18.4 Å². The van der Waals surface area contributed by atoms with Crippen LogP contribution in [0, 0.1) is 0 Å². The second-order valence-electron chi connectivity index (χ2n) is 3.32. The van der Waals surface area contributed by atoms with Gasteiger partial charge in [0.15, 0.2) is 0 Å². The average Bonchev–Trinajstić information content (AvgIpc) is 2.37. The van der Waals surface area contributed by atoms with Gasteiger partial charge in [0.1, 0.15) is 5.75 Å². The van der Waals surface area contributed by atoms with Crippen LogP contribution in [0.4, 0.5) is 0 Å². The lowest BCUT2D eigenvalue weighted by Gasteiger charge is -1.98. The van der Waals surface area contributed by atoms with E-state index in [0.29, 0.717) is 5.75 Å². The third-order valence-corrected chi connectivity index (χ3v) is 1.89. The number of methoxy groups -OCH3 is 1. The van der Waals surface area contributed by atoms with Crippen LogP contribution in [-0.4, -0.2) is 40.3 Å². The van der Waals surface area contributed by atoms with Gasteiger partial charge in [-0.15, -0.1) is 0 Å². The molecular formula is C12H14O7. The molecule has 0 aromatic heterocycles. The van der Waals surface area contributed by atoms with Crippen LogP contribution in [0.3, 0.4) is 0 Å². The third-order valence-electron chi connectivity index (χ3n) is 1.89. The fourth-order valence-corrected chi connectivity index (χ4v) is 0.947. The lowest BCUT2D eigenvalue weighted by atomic mass is 10.2. The van der Waals surface area contributed by atoms with Crippen molar-refractivity contribution >= 4 is 17.9 Å². The molecule has 0 aliphatic heterocycles. The zero-order chi connectivity index (χ0) is 14.8. The zero-order valence-corrected chi connectivity index (χ0v) is 10.2. The summed E-state index contributed by atoms with van der Waals surface area (Å²) in [6, 6.07) is 6.23. The van der Waals surface area contributed by atoms with Crippen molar-refractivity contribution in [3.8, 4) is 5.75 Å². The molecule has 104 valence electrons. The second-order valence-corrected chi connectivity index (χ2v) is 3.32.